The Morgan fingerprint density at radius 1 is 0.679 bits per heavy atom. The molecular formula is C22H38N4O2. The standard InChI is InChI=1S/C22H38N4O2/c1-21(2,3)15-7-11-17(12-8-15)23-25-19(27)20(28)26-24-18-13-9-16(10-14-18)22(4,5)6/h15-16H,7-14H2,1-6H3,(H,25,27)(H,26,28). The van der Waals surface area contributed by atoms with Gasteiger partial charge in [0.1, 0.15) is 0 Å². The highest BCUT2D eigenvalue weighted by Gasteiger charge is 2.29. The first-order valence-corrected chi connectivity index (χ1v) is 10.7. The van der Waals surface area contributed by atoms with Crippen molar-refractivity contribution in [3.8, 4) is 0 Å². The van der Waals surface area contributed by atoms with Crippen LogP contribution < -0.4 is 10.9 Å². The quantitative estimate of drug-likeness (QED) is 0.541. The molecule has 2 aliphatic carbocycles. The fraction of sp³-hybridized carbons (Fsp3) is 0.818. The average molecular weight is 391 g/mol. The summed E-state index contributed by atoms with van der Waals surface area (Å²) in [4.78, 5) is 23.9. The van der Waals surface area contributed by atoms with Crippen molar-refractivity contribution in [3.05, 3.63) is 0 Å². The van der Waals surface area contributed by atoms with Crippen LogP contribution in [0.4, 0.5) is 0 Å². The Bertz CT molecular complexity index is 562. The van der Waals surface area contributed by atoms with Gasteiger partial charge in [-0.25, -0.2) is 10.9 Å². The summed E-state index contributed by atoms with van der Waals surface area (Å²) < 4.78 is 0. The van der Waals surface area contributed by atoms with E-state index in [-0.39, 0.29) is 0 Å². The number of rotatable bonds is 2. The van der Waals surface area contributed by atoms with Crippen molar-refractivity contribution in [3.63, 3.8) is 0 Å². The zero-order valence-electron chi connectivity index (χ0n) is 18.5. The Hall–Kier alpha value is -1.72. The fourth-order valence-corrected chi connectivity index (χ4v) is 4.22. The predicted molar refractivity (Wildman–Crippen MR) is 114 cm³/mol. The molecule has 0 unspecified atom stereocenters. The second kappa shape index (κ2) is 9.19. The van der Waals surface area contributed by atoms with Gasteiger partial charge in [-0.3, -0.25) is 9.59 Å². The molecule has 2 rings (SSSR count). The van der Waals surface area contributed by atoms with E-state index in [0.29, 0.717) is 22.7 Å². The van der Waals surface area contributed by atoms with Crippen LogP contribution in [-0.4, -0.2) is 23.2 Å². The molecule has 0 atom stereocenters. The number of hydrazone groups is 2. The van der Waals surface area contributed by atoms with Gasteiger partial charge in [0.2, 0.25) is 0 Å². The molecule has 28 heavy (non-hydrogen) atoms. The number of hydrogen-bond acceptors (Lipinski definition) is 4. The summed E-state index contributed by atoms with van der Waals surface area (Å²) in [5.41, 5.74) is 7.32. The summed E-state index contributed by atoms with van der Waals surface area (Å²) in [7, 11) is 0. The summed E-state index contributed by atoms with van der Waals surface area (Å²) in [6.45, 7) is 13.6. The van der Waals surface area contributed by atoms with Gasteiger partial charge in [-0.15, -0.1) is 0 Å². The van der Waals surface area contributed by atoms with Gasteiger partial charge >= 0.3 is 11.8 Å². The van der Waals surface area contributed by atoms with E-state index < -0.39 is 11.8 Å². The third-order valence-electron chi connectivity index (χ3n) is 6.41. The maximum Gasteiger partial charge on any atom is 0.331 e. The van der Waals surface area contributed by atoms with Gasteiger partial charge in [-0.1, -0.05) is 41.5 Å². The number of amides is 2. The lowest BCUT2D eigenvalue weighted by Crippen LogP contribution is -2.37. The molecule has 0 aromatic carbocycles. The topological polar surface area (TPSA) is 82.9 Å². The maximum atomic E-state index is 12.0. The lowest BCUT2D eigenvalue weighted by atomic mass is 9.72. The van der Waals surface area contributed by atoms with Crippen LogP contribution in [0.25, 0.3) is 0 Å². The first-order valence-electron chi connectivity index (χ1n) is 10.7. The molecule has 6 nitrogen and oxygen atoms in total. The molecule has 0 aliphatic heterocycles. The molecule has 0 radical (unpaired) electrons. The largest absolute Gasteiger partial charge is 0.331 e. The third-order valence-corrected chi connectivity index (χ3v) is 6.41. The Kier molecular flexibility index (Phi) is 7.40. The number of hydrogen-bond donors (Lipinski definition) is 2. The fourth-order valence-electron chi connectivity index (χ4n) is 4.22. The minimum absolute atomic E-state index is 0.305. The van der Waals surface area contributed by atoms with E-state index in [1.54, 1.807) is 0 Å². The lowest BCUT2D eigenvalue weighted by Gasteiger charge is -2.34. The van der Waals surface area contributed by atoms with Crippen LogP contribution in [0.3, 0.4) is 0 Å². The zero-order valence-corrected chi connectivity index (χ0v) is 18.5. The van der Waals surface area contributed by atoms with Gasteiger partial charge in [0, 0.05) is 11.4 Å². The van der Waals surface area contributed by atoms with Crippen LogP contribution in [0.2, 0.25) is 0 Å². The monoisotopic (exact) mass is 390 g/mol. The zero-order chi connectivity index (χ0) is 20.9. The third kappa shape index (κ3) is 6.71. The van der Waals surface area contributed by atoms with E-state index in [4.69, 9.17) is 0 Å². The first-order chi connectivity index (χ1) is 13.0. The Balaban J connectivity index is 1.74. The molecule has 0 aromatic heterocycles. The van der Waals surface area contributed by atoms with Gasteiger partial charge in [-0.05, 0) is 74.0 Å². The van der Waals surface area contributed by atoms with Gasteiger partial charge in [0.15, 0.2) is 0 Å². The van der Waals surface area contributed by atoms with Gasteiger partial charge < -0.3 is 0 Å². The van der Waals surface area contributed by atoms with Crippen molar-refractivity contribution in [2.75, 3.05) is 0 Å². The molecule has 2 saturated carbocycles. The highest BCUT2D eigenvalue weighted by molar-refractivity contribution is 6.35. The van der Waals surface area contributed by atoms with Crippen LogP contribution >= 0.6 is 0 Å². The highest BCUT2D eigenvalue weighted by Crippen LogP contribution is 2.37. The number of carbonyl (C=O) groups is 2. The van der Waals surface area contributed by atoms with E-state index in [1.165, 1.54) is 0 Å². The van der Waals surface area contributed by atoms with E-state index in [1.807, 2.05) is 0 Å². The molecule has 0 heterocycles. The van der Waals surface area contributed by atoms with E-state index in [2.05, 4.69) is 62.6 Å². The number of carbonyl (C=O) groups excluding carboxylic acids is 2. The van der Waals surface area contributed by atoms with Crippen LogP contribution in [0.1, 0.15) is 92.9 Å². The van der Waals surface area contributed by atoms with E-state index in [0.717, 1.165) is 62.8 Å². The molecule has 2 aliphatic rings. The second-order valence-corrected chi connectivity index (χ2v) is 10.5. The minimum atomic E-state index is -0.752. The molecule has 2 amide bonds. The summed E-state index contributed by atoms with van der Waals surface area (Å²) in [5, 5.41) is 8.32. The Morgan fingerprint density at radius 2 is 0.964 bits per heavy atom. The normalized spacial score (nSPS) is 23.8. The Labute approximate surface area is 170 Å². The first kappa shape index (κ1) is 22.6. The molecule has 0 spiro atoms. The van der Waals surface area contributed by atoms with E-state index in [9.17, 15) is 9.59 Å². The number of nitrogens with zero attached hydrogens (tertiary/aromatic N) is 2. The molecule has 158 valence electrons. The van der Waals surface area contributed by atoms with Gasteiger partial charge in [0.05, 0.1) is 0 Å². The van der Waals surface area contributed by atoms with Crippen molar-refractivity contribution in [2.24, 2.45) is 32.9 Å². The van der Waals surface area contributed by atoms with Gasteiger partial charge in [-0.2, -0.15) is 10.2 Å². The maximum absolute atomic E-state index is 12.0. The minimum Gasteiger partial charge on any atom is -0.262 e. The van der Waals surface area contributed by atoms with Crippen molar-refractivity contribution in [1.29, 1.82) is 0 Å². The predicted octanol–water partition coefficient (Wildman–Crippen LogP) is 4.40. The smallest absolute Gasteiger partial charge is 0.262 e. The van der Waals surface area contributed by atoms with Crippen molar-refractivity contribution in [1.82, 2.24) is 10.9 Å². The summed E-state index contributed by atoms with van der Waals surface area (Å²) in [6, 6.07) is 0. The summed E-state index contributed by atoms with van der Waals surface area (Å²) in [5.74, 6) is -0.152. The Morgan fingerprint density at radius 3 is 1.21 bits per heavy atom. The van der Waals surface area contributed by atoms with Crippen molar-refractivity contribution < 1.29 is 9.59 Å². The van der Waals surface area contributed by atoms with Gasteiger partial charge in [0.25, 0.3) is 0 Å². The summed E-state index contributed by atoms with van der Waals surface area (Å²) >= 11 is 0. The van der Waals surface area contributed by atoms with Crippen molar-refractivity contribution >= 4 is 23.2 Å². The molecule has 2 N–H and O–H groups in total. The molecule has 6 heteroatoms. The average Bonchev–Trinajstić information content (AvgIpc) is 2.63. The summed E-state index contributed by atoms with van der Waals surface area (Å²) in [6.07, 6.45) is 7.81. The van der Waals surface area contributed by atoms with Crippen LogP contribution in [0.15, 0.2) is 10.2 Å². The van der Waals surface area contributed by atoms with Crippen molar-refractivity contribution in [2.45, 2.75) is 92.9 Å². The SMILES string of the molecule is CC(C)(C)C1CCC(=NNC(=O)C(=O)NN=C2CCC(C(C)(C)C)CC2)CC1. The molecular weight excluding hydrogens is 352 g/mol. The van der Waals surface area contributed by atoms with Crippen LogP contribution in [0, 0.1) is 22.7 Å². The number of nitrogens with one attached hydrogen (secondary N) is 2. The van der Waals surface area contributed by atoms with Crippen LogP contribution in [0.5, 0.6) is 0 Å². The molecule has 2 fully saturated rings. The van der Waals surface area contributed by atoms with Crippen LogP contribution in [-0.2, 0) is 9.59 Å². The second-order valence-electron chi connectivity index (χ2n) is 10.5. The molecule has 0 aromatic rings. The molecule has 0 saturated heterocycles. The van der Waals surface area contributed by atoms with E-state index >= 15 is 0 Å². The molecule has 0 bridgehead atoms. The lowest BCUT2D eigenvalue weighted by molar-refractivity contribution is -0.139. The highest BCUT2D eigenvalue weighted by atomic mass is 16.2.